The number of hydrogen-bond acceptors (Lipinski definition) is 4. The number of aromatic nitrogens is 1. The van der Waals surface area contributed by atoms with Gasteiger partial charge in [-0.05, 0) is 48.4 Å². The first-order chi connectivity index (χ1) is 11.8. The van der Waals surface area contributed by atoms with E-state index in [0.29, 0.717) is 12.3 Å². The van der Waals surface area contributed by atoms with Crippen LogP contribution in [-0.4, -0.2) is 23.3 Å². The fourth-order valence-electron chi connectivity index (χ4n) is 5.29. The first-order valence-electron chi connectivity index (χ1n) is 8.68. The second-order valence-corrected chi connectivity index (χ2v) is 8.07. The van der Waals surface area contributed by atoms with Crippen LogP contribution in [0.2, 0.25) is 0 Å². The van der Waals surface area contributed by atoms with E-state index in [9.17, 15) is 9.90 Å². The lowest BCUT2D eigenvalue weighted by atomic mass is 9.50. The Morgan fingerprint density at radius 2 is 2.12 bits per heavy atom. The van der Waals surface area contributed by atoms with Gasteiger partial charge in [0.05, 0.1) is 7.11 Å². The lowest BCUT2D eigenvalue weighted by Crippen LogP contribution is -2.51. The Morgan fingerprint density at radius 1 is 1.36 bits per heavy atom. The Balaban J connectivity index is 1.94. The molecule has 0 bridgehead atoms. The van der Waals surface area contributed by atoms with Crippen LogP contribution in [0.3, 0.4) is 0 Å². The van der Waals surface area contributed by atoms with Crippen LogP contribution in [-0.2, 0) is 23.7 Å². The number of nitrogens with zero attached hydrogens (tertiary/aromatic N) is 1. The number of hydrogen-bond donors (Lipinski definition) is 1. The molecule has 2 aliphatic carbocycles. The van der Waals surface area contributed by atoms with Crippen molar-refractivity contribution >= 4 is 5.97 Å². The Morgan fingerprint density at radius 3 is 2.80 bits per heavy atom. The van der Waals surface area contributed by atoms with Gasteiger partial charge in [-0.15, -0.1) is 0 Å². The van der Waals surface area contributed by atoms with Crippen LogP contribution in [0, 0.1) is 5.92 Å². The SMILES string of the molecule is COc1ccc2c(c1)[C@@]1(C)Cc3c(C(=O)O)noc3C(C)(C)[C@@H]1CC2. The predicted octanol–water partition coefficient (Wildman–Crippen LogP) is 3.74. The molecule has 1 heterocycles. The maximum Gasteiger partial charge on any atom is 0.358 e. The second-order valence-electron chi connectivity index (χ2n) is 8.07. The lowest BCUT2D eigenvalue weighted by molar-refractivity contribution is 0.0684. The fraction of sp³-hybridized carbons (Fsp3) is 0.500. The number of aryl methyl sites for hydroxylation is 1. The van der Waals surface area contributed by atoms with Crippen LogP contribution in [0.25, 0.3) is 0 Å². The van der Waals surface area contributed by atoms with E-state index in [-0.39, 0.29) is 16.5 Å². The third-order valence-electron chi connectivity index (χ3n) is 6.39. The molecule has 2 atom stereocenters. The van der Waals surface area contributed by atoms with E-state index in [1.54, 1.807) is 7.11 Å². The molecule has 2 aromatic rings. The highest BCUT2D eigenvalue weighted by Gasteiger charge is 2.55. The fourth-order valence-corrected chi connectivity index (χ4v) is 5.29. The molecule has 132 valence electrons. The van der Waals surface area contributed by atoms with Crippen LogP contribution in [0.5, 0.6) is 5.75 Å². The normalized spacial score (nSPS) is 26.3. The Hall–Kier alpha value is -2.30. The summed E-state index contributed by atoms with van der Waals surface area (Å²) in [4.78, 5) is 11.6. The van der Waals surface area contributed by atoms with E-state index in [1.165, 1.54) is 11.1 Å². The summed E-state index contributed by atoms with van der Waals surface area (Å²) in [6, 6.07) is 6.27. The Bertz CT molecular complexity index is 867. The zero-order valence-electron chi connectivity index (χ0n) is 15.0. The number of benzene rings is 1. The number of carboxylic acids is 1. The number of ether oxygens (including phenoxy) is 1. The van der Waals surface area contributed by atoms with Crippen LogP contribution in [0.1, 0.15) is 60.1 Å². The lowest BCUT2D eigenvalue weighted by Gasteiger charge is -2.52. The molecule has 0 radical (unpaired) electrons. The van der Waals surface area contributed by atoms with Crippen molar-refractivity contribution in [2.75, 3.05) is 7.11 Å². The smallest absolute Gasteiger partial charge is 0.358 e. The van der Waals surface area contributed by atoms with Gasteiger partial charge in [-0.3, -0.25) is 0 Å². The number of methoxy groups -OCH3 is 1. The molecule has 25 heavy (non-hydrogen) atoms. The average Bonchev–Trinajstić information content (AvgIpc) is 2.98. The summed E-state index contributed by atoms with van der Waals surface area (Å²) in [7, 11) is 1.68. The molecule has 1 aromatic heterocycles. The molecule has 0 saturated heterocycles. The molecule has 0 fully saturated rings. The Kier molecular flexibility index (Phi) is 3.30. The molecule has 2 aliphatic rings. The topological polar surface area (TPSA) is 72.6 Å². The highest BCUT2D eigenvalue weighted by molar-refractivity contribution is 5.87. The largest absolute Gasteiger partial charge is 0.497 e. The van der Waals surface area contributed by atoms with E-state index in [4.69, 9.17) is 9.26 Å². The van der Waals surface area contributed by atoms with Gasteiger partial charge in [0, 0.05) is 16.4 Å². The number of carbonyl (C=O) groups is 1. The average molecular weight is 341 g/mol. The molecular weight excluding hydrogens is 318 g/mol. The van der Waals surface area contributed by atoms with E-state index >= 15 is 0 Å². The van der Waals surface area contributed by atoms with Crippen molar-refractivity contribution in [3.63, 3.8) is 0 Å². The van der Waals surface area contributed by atoms with Crippen LogP contribution in [0.15, 0.2) is 22.7 Å². The molecule has 0 unspecified atom stereocenters. The maximum atomic E-state index is 11.6. The molecule has 5 nitrogen and oxygen atoms in total. The first-order valence-corrected chi connectivity index (χ1v) is 8.68. The highest BCUT2D eigenvalue weighted by Crippen LogP contribution is 2.57. The van der Waals surface area contributed by atoms with Crippen molar-refractivity contribution < 1.29 is 19.2 Å². The molecular formula is C20H23NO4. The van der Waals surface area contributed by atoms with E-state index < -0.39 is 5.97 Å². The molecule has 0 amide bonds. The van der Waals surface area contributed by atoms with Crippen molar-refractivity contribution in [1.82, 2.24) is 5.16 Å². The van der Waals surface area contributed by atoms with Crippen molar-refractivity contribution in [1.29, 1.82) is 0 Å². The van der Waals surface area contributed by atoms with E-state index in [1.807, 2.05) is 6.07 Å². The van der Waals surface area contributed by atoms with Crippen molar-refractivity contribution in [2.45, 2.75) is 50.9 Å². The summed E-state index contributed by atoms with van der Waals surface area (Å²) in [5, 5.41) is 13.4. The molecule has 0 spiro atoms. The van der Waals surface area contributed by atoms with Gasteiger partial charge in [0.1, 0.15) is 11.5 Å². The first kappa shape index (κ1) is 16.2. The van der Waals surface area contributed by atoms with Gasteiger partial charge in [-0.2, -0.15) is 0 Å². The summed E-state index contributed by atoms with van der Waals surface area (Å²) in [6.07, 6.45) is 2.69. The summed E-state index contributed by atoms with van der Waals surface area (Å²) in [5.41, 5.74) is 2.94. The minimum Gasteiger partial charge on any atom is -0.497 e. The number of rotatable bonds is 2. The zero-order valence-corrected chi connectivity index (χ0v) is 15.0. The summed E-state index contributed by atoms with van der Waals surface area (Å²) < 4.78 is 11.0. The van der Waals surface area contributed by atoms with E-state index in [0.717, 1.165) is 29.9 Å². The van der Waals surface area contributed by atoms with Gasteiger partial charge in [0.2, 0.25) is 0 Å². The van der Waals surface area contributed by atoms with Gasteiger partial charge in [0.15, 0.2) is 5.69 Å². The molecule has 4 rings (SSSR count). The van der Waals surface area contributed by atoms with E-state index in [2.05, 4.69) is 38.1 Å². The van der Waals surface area contributed by atoms with Crippen molar-refractivity contribution in [2.24, 2.45) is 5.92 Å². The second kappa shape index (κ2) is 5.10. The number of aromatic carboxylic acids is 1. The van der Waals surface area contributed by atoms with Crippen molar-refractivity contribution in [3.05, 3.63) is 46.3 Å². The molecule has 1 N–H and O–H groups in total. The summed E-state index contributed by atoms with van der Waals surface area (Å²) in [6.45, 7) is 6.55. The zero-order chi connectivity index (χ0) is 18.0. The number of fused-ring (bicyclic) bond motifs is 4. The minimum absolute atomic E-state index is 0.0535. The minimum atomic E-state index is -1.02. The van der Waals surface area contributed by atoms with Gasteiger partial charge >= 0.3 is 5.97 Å². The van der Waals surface area contributed by atoms with Gasteiger partial charge in [0.25, 0.3) is 0 Å². The third kappa shape index (κ3) is 2.08. The summed E-state index contributed by atoms with van der Waals surface area (Å²) >= 11 is 0. The molecule has 5 heteroatoms. The standard InChI is InChI=1S/C20H23NO4/c1-19(2)15-8-6-11-5-7-12(24-4)9-14(11)20(15,3)10-13-16(18(22)23)21-25-17(13)19/h5,7,9,15H,6,8,10H2,1-4H3,(H,22,23)/t15-,20+/m0/s1. The molecule has 0 aliphatic heterocycles. The van der Waals surface area contributed by atoms with Crippen LogP contribution < -0.4 is 4.74 Å². The van der Waals surface area contributed by atoms with Gasteiger partial charge in [-0.1, -0.05) is 32.0 Å². The molecule has 1 aromatic carbocycles. The maximum absolute atomic E-state index is 11.6. The third-order valence-corrected chi connectivity index (χ3v) is 6.39. The van der Waals surface area contributed by atoms with Crippen LogP contribution >= 0.6 is 0 Å². The Labute approximate surface area is 147 Å². The van der Waals surface area contributed by atoms with Crippen molar-refractivity contribution in [3.8, 4) is 5.75 Å². The number of carboxylic acid groups (broad SMARTS) is 1. The van der Waals surface area contributed by atoms with Gasteiger partial charge in [-0.25, -0.2) is 4.79 Å². The highest BCUT2D eigenvalue weighted by atomic mass is 16.5. The monoisotopic (exact) mass is 341 g/mol. The van der Waals surface area contributed by atoms with Crippen LogP contribution in [0.4, 0.5) is 0 Å². The predicted molar refractivity (Wildman–Crippen MR) is 92.3 cm³/mol. The summed E-state index contributed by atoms with van der Waals surface area (Å²) in [5.74, 6) is 0.901. The molecule has 0 saturated carbocycles. The quantitative estimate of drug-likeness (QED) is 0.901. The van der Waals surface area contributed by atoms with Gasteiger partial charge < -0.3 is 14.4 Å².